The van der Waals surface area contributed by atoms with Gasteiger partial charge in [0.1, 0.15) is 0 Å². The maximum atomic E-state index is 13.8. The maximum absolute atomic E-state index is 13.8. The van der Waals surface area contributed by atoms with Gasteiger partial charge in [0.05, 0.1) is 6.61 Å². The summed E-state index contributed by atoms with van der Waals surface area (Å²) in [5.41, 5.74) is 0. The summed E-state index contributed by atoms with van der Waals surface area (Å²) in [4.78, 5) is 0. The number of halogens is 1. The topological polar surface area (TPSA) is 58.9 Å². The Balaban J connectivity index is 2.77. The van der Waals surface area contributed by atoms with Crippen LogP contribution in [0.4, 0.5) is 4.39 Å². The monoisotopic (exact) mass is 222 g/mol. The predicted molar refractivity (Wildman–Crippen MR) is 52.0 cm³/mol. The van der Waals surface area contributed by atoms with Crippen molar-refractivity contribution in [2.24, 2.45) is 11.8 Å². The first-order chi connectivity index (χ1) is 7.17. The van der Waals surface area contributed by atoms with Crippen LogP contribution < -0.4 is 0 Å². The highest BCUT2D eigenvalue weighted by Crippen LogP contribution is 2.49. The summed E-state index contributed by atoms with van der Waals surface area (Å²) in [6.07, 6.45) is -1.38. The van der Waals surface area contributed by atoms with E-state index in [4.69, 9.17) is 19.7 Å². The highest BCUT2D eigenvalue weighted by Gasteiger charge is 2.64. The molecule has 1 aliphatic rings. The summed E-state index contributed by atoms with van der Waals surface area (Å²) in [5, 5.41) is 18.1. The van der Waals surface area contributed by atoms with Crippen LogP contribution in [0.25, 0.3) is 0 Å². The summed E-state index contributed by atoms with van der Waals surface area (Å²) in [5.74, 6) is -2.43. The van der Waals surface area contributed by atoms with Crippen molar-refractivity contribution in [2.45, 2.75) is 25.8 Å². The molecule has 0 aromatic heterocycles. The van der Waals surface area contributed by atoms with Crippen LogP contribution in [-0.4, -0.2) is 48.6 Å². The second-order valence-electron chi connectivity index (χ2n) is 3.62. The molecule has 5 heteroatoms. The van der Waals surface area contributed by atoms with Gasteiger partial charge in [-0.2, -0.15) is 0 Å². The van der Waals surface area contributed by atoms with E-state index in [-0.39, 0.29) is 13.2 Å². The van der Waals surface area contributed by atoms with E-state index < -0.39 is 23.8 Å². The van der Waals surface area contributed by atoms with Crippen LogP contribution in [0.15, 0.2) is 0 Å². The van der Waals surface area contributed by atoms with E-state index in [1.54, 1.807) is 13.8 Å². The number of ether oxygens (including phenoxy) is 2. The van der Waals surface area contributed by atoms with E-state index in [9.17, 15) is 4.39 Å². The van der Waals surface area contributed by atoms with Crippen molar-refractivity contribution < 1.29 is 24.1 Å². The van der Waals surface area contributed by atoms with Crippen molar-refractivity contribution in [1.29, 1.82) is 0 Å². The Labute approximate surface area is 89.0 Å². The second kappa shape index (κ2) is 5.21. The van der Waals surface area contributed by atoms with Crippen LogP contribution in [0.5, 0.6) is 0 Å². The number of aliphatic hydroxyl groups excluding tert-OH is 2. The Kier molecular flexibility index (Phi) is 4.45. The molecule has 0 amide bonds. The quantitative estimate of drug-likeness (QED) is 0.636. The smallest absolute Gasteiger partial charge is 0.205 e. The van der Waals surface area contributed by atoms with Gasteiger partial charge in [-0.05, 0) is 13.8 Å². The van der Waals surface area contributed by atoms with E-state index in [0.717, 1.165) is 0 Å². The van der Waals surface area contributed by atoms with Crippen LogP contribution in [0.3, 0.4) is 0 Å². The van der Waals surface area contributed by atoms with Crippen molar-refractivity contribution >= 4 is 0 Å². The fraction of sp³-hybridized carbons (Fsp3) is 1.00. The largest absolute Gasteiger partial charge is 0.396 e. The minimum atomic E-state index is -1.38. The van der Waals surface area contributed by atoms with Crippen molar-refractivity contribution in [3.63, 3.8) is 0 Å². The number of rotatable bonds is 6. The molecular weight excluding hydrogens is 203 g/mol. The zero-order chi connectivity index (χ0) is 11.5. The molecule has 1 saturated carbocycles. The lowest BCUT2D eigenvalue weighted by Gasteiger charge is -2.54. The molecular formula is C10H19FO4. The minimum Gasteiger partial charge on any atom is -0.396 e. The molecule has 1 fully saturated rings. The van der Waals surface area contributed by atoms with Gasteiger partial charge in [-0.3, -0.25) is 0 Å². The third-order valence-electron chi connectivity index (χ3n) is 2.94. The Morgan fingerprint density at radius 2 is 1.67 bits per heavy atom. The van der Waals surface area contributed by atoms with Crippen molar-refractivity contribution in [1.82, 2.24) is 0 Å². The van der Waals surface area contributed by atoms with Gasteiger partial charge in [0, 0.05) is 31.7 Å². The van der Waals surface area contributed by atoms with Gasteiger partial charge in [0.15, 0.2) is 6.17 Å². The maximum Gasteiger partial charge on any atom is 0.205 e. The van der Waals surface area contributed by atoms with E-state index >= 15 is 0 Å². The first kappa shape index (κ1) is 12.8. The molecule has 2 N–H and O–H groups in total. The van der Waals surface area contributed by atoms with Gasteiger partial charge in [-0.15, -0.1) is 0 Å². The fourth-order valence-electron chi connectivity index (χ4n) is 2.24. The summed E-state index contributed by atoms with van der Waals surface area (Å²) < 4.78 is 24.4. The second-order valence-corrected chi connectivity index (χ2v) is 3.62. The van der Waals surface area contributed by atoms with E-state index in [0.29, 0.717) is 13.2 Å². The van der Waals surface area contributed by atoms with Gasteiger partial charge < -0.3 is 19.7 Å². The van der Waals surface area contributed by atoms with Gasteiger partial charge in [-0.25, -0.2) is 4.39 Å². The highest BCUT2D eigenvalue weighted by atomic mass is 19.1. The average molecular weight is 222 g/mol. The van der Waals surface area contributed by atoms with Crippen LogP contribution in [0.1, 0.15) is 13.8 Å². The van der Waals surface area contributed by atoms with Crippen LogP contribution in [-0.2, 0) is 9.47 Å². The SMILES string of the molecule is CCOC1(OCC)[C@@H](F)[C@@H](CO)[C@@H]1CO. The van der Waals surface area contributed by atoms with Crippen molar-refractivity contribution in [2.75, 3.05) is 26.4 Å². The standard InChI is InChI=1S/C10H19FO4/c1-3-14-10(15-4-2)8(6-13)7(5-12)9(10)11/h7-9,12-13H,3-6H2,1-2H3/t7-,8-,9-/m0/s1. The number of aliphatic hydroxyl groups is 2. The molecule has 1 rings (SSSR count). The van der Waals surface area contributed by atoms with Crippen LogP contribution in [0, 0.1) is 11.8 Å². The Morgan fingerprint density at radius 1 is 1.13 bits per heavy atom. The van der Waals surface area contributed by atoms with Crippen LogP contribution >= 0.6 is 0 Å². The normalized spacial score (nSPS) is 33.8. The summed E-state index contributed by atoms with van der Waals surface area (Å²) in [7, 11) is 0. The molecule has 0 aromatic carbocycles. The number of hydrogen-bond acceptors (Lipinski definition) is 4. The lowest BCUT2D eigenvalue weighted by Crippen LogP contribution is -2.69. The molecule has 0 unspecified atom stereocenters. The van der Waals surface area contributed by atoms with E-state index in [2.05, 4.69) is 0 Å². The van der Waals surface area contributed by atoms with Gasteiger partial charge in [0.25, 0.3) is 0 Å². The number of hydrogen-bond donors (Lipinski definition) is 2. The van der Waals surface area contributed by atoms with Gasteiger partial charge in [-0.1, -0.05) is 0 Å². The predicted octanol–water partition coefficient (Wildman–Crippen LogP) is 0.324. The van der Waals surface area contributed by atoms with Gasteiger partial charge >= 0.3 is 0 Å². The molecule has 90 valence electrons. The molecule has 1 aliphatic carbocycles. The zero-order valence-electron chi connectivity index (χ0n) is 9.15. The zero-order valence-corrected chi connectivity index (χ0v) is 9.15. The molecule has 0 aliphatic heterocycles. The lowest BCUT2D eigenvalue weighted by molar-refractivity contribution is -0.372. The summed E-state index contributed by atoms with van der Waals surface area (Å²) in [6, 6.07) is 0. The first-order valence-corrected chi connectivity index (χ1v) is 5.31. The molecule has 0 saturated heterocycles. The Bertz CT molecular complexity index is 194. The Morgan fingerprint density at radius 3 is 2.00 bits per heavy atom. The first-order valence-electron chi connectivity index (χ1n) is 5.31. The molecule has 3 atom stereocenters. The van der Waals surface area contributed by atoms with E-state index in [1.165, 1.54) is 0 Å². The molecule has 0 radical (unpaired) electrons. The van der Waals surface area contributed by atoms with Gasteiger partial charge in [0.2, 0.25) is 5.79 Å². The third-order valence-corrected chi connectivity index (χ3v) is 2.94. The summed E-state index contributed by atoms with van der Waals surface area (Å²) in [6.45, 7) is 3.58. The molecule has 0 heterocycles. The summed E-state index contributed by atoms with van der Waals surface area (Å²) >= 11 is 0. The molecule has 0 bridgehead atoms. The van der Waals surface area contributed by atoms with Crippen molar-refractivity contribution in [3.8, 4) is 0 Å². The molecule has 15 heavy (non-hydrogen) atoms. The lowest BCUT2D eigenvalue weighted by atomic mass is 9.66. The molecule has 0 spiro atoms. The molecule has 4 nitrogen and oxygen atoms in total. The van der Waals surface area contributed by atoms with E-state index in [1.807, 2.05) is 0 Å². The fourth-order valence-corrected chi connectivity index (χ4v) is 2.24. The third kappa shape index (κ3) is 1.89. The van der Waals surface area contributed by atoms with Crippen molar-refractivity contribution in [3.05, 3.63) is 0 Å². The molecule has 0 aromatic rings. The highest BCUT2D eigenvalue weighted by molar-refractivity contribution is 5.05. The van der Waals surface area contributed by atoms with Crippen LogP contribution in [0.2, 0.25) is 0 Å². The minimum absolute atomic E-state index is 0.244. The number of alkyl halides is 1. The average Bonchev–Trinajstić information content (AvgIpc) is 2.24. The Hall–Kier alpha value is -0.230.